The SMILES string of the molecule is CS[C@@H](c1ccccc1)C(O)(c1ccccc1)c1ccccc1. The minimum Gasteiger partial charge on any atom is -0.379 e. The number of aliphatic hydroxyl groups is 1. The molecule has 0 fully saturated rings. The van der Waals surface area contributed by atoms with Crippen molar-refractivity contribution in [1.29, 1.82) is 0 Å². The van der Waals surface area contributed by atoms with Crippen molar-refractivity contribution < 1.29 is 5.11 Å². The highest BCUT2D eigenvalue weighted by Gasteiger charge is 2.40. The van der Waals surface area contributed by atoms with Crippen LogP contribution in [0.2, 0.25) is 0 Å². The van der Waals surface area contributed by atoms with Gasteiger partial charge in [-0.3, -0.25) is 0 Å². The van der Waals surface area contributed by atoms with Gasteiger partial charge in [-0.05, 0) is 22.9 Å². The maximum absolute atomic E-state index is 11.8. The second kappa shape index (κ2) is 7.03. The third-order valence-electron chi connectivity index (χ3n) is 4.15. The third kappa shape index (κ3) is 3.05. The highest BCUT2D eigenvalue weighted by atomic mass is 32.2. The van der Waals surface area contributed by atoms with Crippen molar-refractivity contribution in [3.05, 3.63) is 108 Å². The first kappa shape index (κ1) is 15.9. The summed E-state index contributed by atoms with van der Waals surface area (Å²) in [4.78, 5) is 0. The van der Waals surface area contributed by atoms with Crippen LogP contribution in [-0.4, -0.2) is 11.4 Å². The Morgan fingerprint density at radius 2 is 1.09 bits per heavy atom. The molecule has 0 aliphatic heterocycles. The molecule has 0 radical (unpaired) electrons. The molecule has 116 valence electrons. The quantitative estimate of drug-likeness (QED) is 0.712. The monoisotopic (exact) mass is 320 g/mol. The molecule has 0 spiro atoms. The molecule has 0 aliphatic carbocycles. The minimum absolute atomic E-state index is 0.0894. The lowest BCUT2D eigenvalue weighted by molar-refractivity contribution is 0.0778. The van der Waals surface area contributed by atoms with Crippen LogP contribution in [-0.2, 0) is 5.60 Å². The average Bonchev–Trinajstić information content (AvgIpc) is 2.64. The molecule has 2 heteroatoms. The lowest BCUT2D eigenvalue weighted by atomic mass is 9.81. The molecule has 0 bridgehead atoms. The number of thioether (sulfide) groups is 1. The van der Waals surface area contributed by atoms with E-state index in [1.165, 1.54) is 0 Å². The van der Waals surface area contributed by atoms with Crippen LogP contribution in [0.15, 0.2) is 91.0 Å². The minimum atomic E-state index is -1.08. The molecule has 0 unspecified atom stereocenters. The third-order valence-corrected chi connectivity index (χ3v) is 5.23. The van der Waals surface area contributed by atoms with E-state index in [-0.39, 0.29) is 5.25 Å². The van der Waals surface area contributed by atoms with E-state index in [1.807, 2.05) is 78.9 Å². The van der Waals surface area contributed by atoms with Gasteiger partial charge in [0.2, 0.25) is 0 Å². The van der Waals surface area contributed by atoms with Crippen LogP contribution in [0.3, 0.4) is 0 Å². The molecule has 0 aliphatic rings. The predicted octanol–water partition coefficient (Wildman–Crippen LogP) is 5.03. The van der Waals surface area contributed by atoms with E-state index >= 15 is 0 Å². The Kier molecular flexibility index (Phi) is 4.85. The van der Waals surface area contributed by atoms with Crippen LogP contribution in [0.1, 0.15) is 21.9 Å². The maximum Gasteiger partial charge on any atom is 0.130 e. The smallest absolute Gasteiger partial charge is 0.130 e. The van der Waals surface area contributed by atoms with E-state index in [0.29, 0.717) is 0 Å². The second-order valence-corrected chi connectivity index (χ2v) is 6.47. The molecule has 3 aromatic rings. The van der Waals surface area contributed by atoms with Crippen molar-refractivity contribution in [2.75, 3.05) is 6.26 Å². The van der Waals surface area contributed by atoms with Gasteiger partial charge in [0.05, 0.1) is 5.25 Å². The lowest BCUT2D eigenvalue weighted by Gasteiger charge is -2.36. The highest BCUT2D eigenvalue weighted by molar-refractivity contribution is 7.98. The van der Waals surface area contributed by atoms with Crippen molar-refractivity contribution in [3.8, 4) is 0 Å². The zero-order valence-corrected chi connectivity index (χ0v) is 13.9. The summed E-state index contributed by atoms with van der Waals surface area (Å²) in [6.07, 6.45) is 2.05. The van der Waals surface area contributed by atoms with Crippen molar-refractivity contribution in [2.24, 2.45) is 0 Å². The van der Waals surface area contributed by atoms with E-state index in [0.717, 1.165) is 16.7 Å². The van der Waals surface area contributed by atoms with Gasteiger partial charge in [0, 0.05) is 0 Å². The fourth-order valence-corrected chi connectivity index (χ4v) is 4.07. The summed E-state index contributed by atoms with van der Waals surface area (Å²) >= 11 is 1.67. The zero-order chi connectivity index (χ0) is 16.1. The molecule has 0 saturated carbocycles. The molecule has 1 atom stereocenters. The summed E-state index contributed by atoms with van der Waals surface area (Å²) in [7, 11) is 0. The van der Waals surface area contributed by atoms with Crippen LogP contribution < -0.4 is 0 Å². The number of benzene rings is 3. The van der Waals surface area contributed by atoms with Gasteiger partial charge in [-0.2, -0.15) is 11.8 Å². The Bertz CT molecular complexity index is 686. The molecule has 3 aromatic carbocycles. The molecule has 0 aromatic heterocycles. The first-order valence-corrected chi connectivity index (χ1v) is 8.96. The van der Waals surface area contributed by atoms with E-state index < -0.39 is 5.60 Å². The van der Waals surface area contributed by atoms with E-state index in [9.17, 15) is 5.11 Å². The summed E-state index contributed by atoms with van der Waals surface area (Å²) in [5.74, 6) is 0. The lowest BCUT2D eigenvalue weighted by Crippen LogP contribution is -2.33. The van der Waals surface area contributed by atoms with Gasteiger partial charge in [0.1, 0.15) is 5.60 Å². The van der Waals surface area contributed by atoms with Gasteiger partial charge >= 0.3 is 0 Å². The van der Waals surface area contributed by atoms with E-state index in [1.54, 1.807) is 11.8 Å². The maximum atomic E-state index is 11.8. The van der Waals surface area contributed by atoms with Crippen molar-refractivity contribution >= 4 is 11.8 Å². The summed E-state index contributed by atoms with van der Waals surface area (Å²) in [6.45, 7) is 0. The zero-order valence-electron chi connectivity index (χ0n) is 13.1. The summed E-state index contributed by atoms with van der Waals surface area (Å²) in [6, 6.07) is 30.1. The number of hydrogen-bond acceptors (Lipinski definition) is 2. The first-order valence-electron chi connectivity index (χ1n) is 7.68. The first-order chi connectivity index (χ1) is 11.3. The molecular weight excluding hydrogens is 300 g/mol. The van der Waals surface area contributed by atoms with Crippen LogP contribution >= 0.6 is 11.8 Å². The fraction of sp³-hybridized carbons (Fsp3) is 0.143. The van der Waals surface area contributed by atoms with Crippen molar-refractivity contribution in [3.63, 3.8) is 0 Å². The van der Waals surface area contributed by atoms with Gasteiger partial charge in [-0.1, -0.05) is 91.0 Å². The molecule has 23 heavy (non-hydrogen) atoms. The van der Waals surface area contributed by atoms with E-state index in [2.05, 4.69) is 18.4 Å². The van der Waals surface area contributed by atoms with E-state index in [4.69, 9.17) is 0 Å². The molecule has 3 rings (SSSR count). The molecule has 0 amide bonds. The Morgan fingerprint density at radius 1 is 0.696 bits per heavy atom. The second-order valence-electron chi connectivity index (χ2n) is 5.52. The Morgan fingerprint density at radius 3 is 1.48 bits per heavy atom. The largest absolute Gasteiger partial charge is 0.379 e. The molecule has 0 heterocycles. The van der Waals surface area contributed by atoms with Gasteiger partial charge in [0.15, 0.2) is 0 Å². The van der Waals surface area contributed by atoms with Crippen LogP contribution in [0.25, 0.3) is 0 Å². The molecule has 1 N–H and O–H groups in total. The standard InChI is InChI=1S/C21H20OS/c1-23-20(17-11-5-2-6-12-17)21(22,18-13-7-3-8-14-18)19-15-9-4-10-16-19/h2-16,20,22H,1H3/t20-/m0/s1. The van der Waals surface area contributed by atoms with Gasteiger partial charge in [0.25, 0.3) is 0 Å². The van der Waals surface area contributed by atoms with Crippen molar-refractivity contribution in [2.45, 2.75) is 10.9 Å². The topological polar surface area (TPSA) is 20.2 Å². The summed E-state index contributed by atoms with van der Waals surface area (Å²) in [5.41, 5.74) is 1.86. The molecule has 1 nitrogen and oxygen atoms in total. The van der Waals surface area contributed by atoms with Crippen LogP contribution in [0.4, 0.5) is 0 Å². The Hall–Kier alpha value is -2.03. The Balaban J connectivity index is 2.19. The number of hydrogen-bond donors (Lipinski definition) is 1. The molecular formula is C21H20OS. The van der Waals surface area contributed by atoms with Crippen LogP contribution in [0.5, 0.6) is 0 Å². The average molecular weight is 320 g/mol. The van der Waals surface area contributed by atoms with Gasteiger partial charge < -0.3 is 5.11 Å². The fourth-order valence-electron chi connectivity index (χ4n) is 3.03. The summed E-state index contributed by atoms with van der Waals surface area (Å²) < 4.78 is 0. The summed E-state index contributed by atoms with van der Waals surface area (Å²) in [5, 5.41) is 11.8. The van der Waals surface area contributed by atoms with Crippen LogP contribution in [0, 0.1) is 0 Å². The highest BCUT2D eigenvalue weighted by Crippen LogP contribution is 2.47. The van der Waals surface area contributed by atoms with Crippen molar-refractivity contribution in [1.82, 2.24) is 0 Å². The number of rotatable bonds is 5. The van der Waals surface area contributed by atoms with Gasteiger partial charge in [-0.15, -0.1) is 0 Å². The predicted molar refractivity (Wildman–Crippen MR) is 98.6 cm³/mol. The Labute approximate surface area is 142 Å². The normalized spacial score (nSPS) is 12.8. The van der Waals surface area contributed by atoms with Gasteiger partial charge in [-0.25, -0.2) is 0 Å². The molecule has 0 saturated heterocycles.